The third-order valence-corrected chi connectivity index (χ3v) is 7.00. The first-order valence-electron chi connectivity index (χ1n) is 11.5. The number of rotatable bonds is 4. The Balaban J connectivity index is 1.35. The Morgan fingerprint density at radius 1 is 1.06 bits per heavy atom. The van der Waals surface area contributed by atoms with Gasteiger partial charge in [0.15, 0.2) is 0 Å². The molecule has 2 N–H and O–H groups in total. The van der Waals surface area contributed by atoms with Crippen molar-refractivity contribution in [2.45, 2.75) is 37.5 Å². The third kappa shape index (κ3) is 4.37. The Morgan fingerprint density at radius 3 is 2.50 bits per heavy atom. The summed E-state index contributed by atoms with van der Waals surface area (Å²) < 4.78 is 18.6. The van der Waals surface area contributed by atoms with E-state index in [4.69, 9.17) is 4.74 Å². The molecule has 7 heteroatoms. The van der Waals surface area contributed by atoms with Gasteiger partial charge in [-0.2, -0.15) is 0 Å². The summed E-state index contributed by atoms with van der Waals surface area (Å²) in [7, 11) is 0. The minimum Gasteiger partial charge on any atom is -0.391 e. The molecular weight excluding hydrogens is 409 g/mol. The molecule has 2 aliphatic heterocycles. The van der Waals surface area contributed by atoms with Crippen LogP contribution in [0.2, 0.25) is 0 Å². The molecule has 0 aromatic heterocycles. The zero-order chi connectivity index (χ0) is 22.1. The minimum absolute atomic E-state index is 0.302. The van der Waals surface area contributed by atoms with E-state index >= 15 is 0 Å². The molecule has 32 heavy (non-hydrogen) atoms. The molecule has 0 saturated carbocycles. The first-order chi connectivity index (χ1) is 15.6. The van der Waals surface area contributed by atoms with Gasteiger partial charge in [0.05, 0.1) is 31.4 Å². The molecule has 2 atom stereocenters. The molecule has 2 heterocycles. The monoisotopic (exact) mass is 439 g/mol. The van der Waals surface area contributed by atoms with Gasteiger partial charge in [-0.15, -0.1) is 0 Å². The van der Waals surface area contributed by atoms with Gasteiger partial charge in [-0.25, -0.2) is 4.39 Å². The number of hydrogen-bond donors (Lipinski definition) is 2. The van der Waals surface area contributed by atoms with Crippen LogP contribution in [0.5, 0.6) is 0 Å². The predicted molar refractivity (Wildman–Crippen MR) is 120 cm³/mol. The number of benzene rings is 2. The molecular formula is C25H30FN3O3. The number of anilines is 1. The second-order valence-electron chi connectivity index (χ2n) is 9.02. The Labute approximate surface area is 188 Å². The lowest BCUT2D eigenvalue weighted by Crippen LogP contribution is -2.56. The molecule has 5 rings (SSSR count). The predicted octanol–water partition coefficient (Wildman–Crippen LogP) is 2.51. The fourth-order valence-electron chi connectivity index (χ4n) is 4.95. The highest BCUT2D eigenvalue weighted by Crippen LogP contribution is 2.33. The summed E-state index contributed by atoms with van der Waals surface area (Å²) in [5.74, 6) is -0.681. The number of aliphatic hydroxyl groups excluding tert-OH is 1. The molecule has 1 amide bonds. The van der Waals surface area contributed by atoms with E-state index in [1.807, 2.05) is 0 Å². The van der Waals surface area contributed by atoms with E-state index in [1.54, 1.807) is 0 Å². The topological polar surface area (TPSA) is 65.0 Å². The molecule has 3 aliphatic rings. The Hall–Kier alpha value is -2.48. The lowest BCUT2D eigenvalue weighted by Gasteiger charge is -2.43. The van der Waals surface area contributed by atoms with E-state index < -0.39 is 12.1 Å². The molecule has 2 aromatic carbocycles. The van der Waals surface area contributed by atoms with Crippen LogP contribution in [-0.4, -0.2) is 67.5 Å². The molecule has 0 spiro atoms. The molecule has 1 aliphatic carbocycles. The molecule has 6 nitrogen and oxygen atoms in total. The van der Waals surface area contributed by atoms with Crippen molar-refractivity contribution in [1.82, 2.24) is 10.2 Å². The van der Waals surface area contributed by atoms with Gasteiger partial charge < -0.3 is 20.1 Å². The van der Waals surface area contributed by atoms with Crippen molar-refractivity contribution in [2.24, 2.45) is 0 Å². The number of halogens is 1. The third-order valence-electron chi connectivity index (χ3n) is 7.00. The van der Waals surface area contributed by atoms with Gasteiger partial charge in [-0.05, 0) is 66.8 Å². The van der Waals surface area contributed by atoms with Crippen LogP contribution in [0.4, 0.5) is 10.1 Å². The lowest BCUT2D eigenvalue weighted by atomic mass is 9.96. The van der Waals surface area contributed by atoms with Gasteiger partial charge in [-0.1, -0.05) is 6.07 Å². The van der Waals surface area contributed by atoms with Crippen molar-refractivity contribution >= 4 is 11.6 Å². The highest BCUT2D eigenvalue weighted by Gasteiger charge is 2.31. The summed E-state index contributed by atoms with van der Waals surface area (Å²) in [5.41, 5.74) is 3.66. The van der Waals surface area contributed by atoms with Crippen LogP contribution in [0.25, 0.3) is 0 Å². The maximum atomic E-state index is 13.2. The van der Waals surface area contributed by atoms with Gasteiger partial charge in [0.1, 0.15) is 5.82 Å². The number of nitrogens with zero attached hydrogens (tertiary/aromatic N) is 2. The first-order valence-corrected chi connectivity index (χ1v) is 11.5. The van der Waals surface area contributed by atoms with Crippen LogP contribution >= 0.6 is 0 Å². The number of fused-ring (bicyclic) bond motifs is 1. The molecule has 170 valence electrons. The van der Waals surface area contributed by atoms with Gasteiger partial charge >= 0.3 is 0 Å². The normalized spacial score (nSPS) is 24.4. The summed E-state index contributed by atoms with van der Waals surface area (Å²) in [6.45, 7) is 5.60. The maximum Gasteiger partial charge on any atom is 0.251 e. The summed E-state index contributed by atoms with van der Waals surface area (Å²) >= 11 is 0. The van der Waals surface area contributed by atoms with E-state index in [1.165, 1.54) is 29.8 Å². The molecule has 0 unspecified atom stereocenters. The van der Waals surface area contributed by atoms with Crippen LogP contribution in [0.15, 0.2) is 42.5 Å². The van der Waals surface area contributed by atoms with E-state index in [-0.39, 0.29) is 11.7 Å². The van der Waals surface area contributed by atoms with Crippen molar-refractivity contribution in [3.63, 3.8) is 0 Å². The average molecular weight is 440 g/mol. The number of amides is 1. The number of carbonyl (C=O) groups is 1. The largest absolute Gasteiger partial charge is 0.391 e. The Kier molecular flexibility index (Phi) is 6.13. The maximum absolute atomic E-state index is 13.2. The zero-order valence-corrected chi connectivity index (χ0v) is 18.2. The summed E-state index contributed by atoms with van der Waals surface area (Å²) in [4.78, 5) is 17.7. The SMILES string of the molecule is O=C(N[C@@H]1c2cc(N3CCN(C4COC4)CC3)ccc2CCC[C@H]1O)c1ccc(F)cc1. The van der Waals surface area contributed by atoms with E-state index in [9.17, 15) is 14.3 Å². The quantitative estimate of drug-likeness (QED) is 0.717. The summed E-state index contributed by atoms with van der Waals surface area (Å²) in [6, 6.07) is 12.0. The number of ether oxygens (including phenoxy) is 1. The number of hydrogen-bond acceptors (Lipinski definition) is 5. The second kappa shape index (κ2) is 9.17. The first kappa shape index (κ1) is 21.4. The standard InChI is InChI=1S/C25H30FN3O3/c26-19-7-4-18(5-8-19)25(31)27-24-22-14-20(9-6-17(22)2-1-3-23(24)30)28-10-12-29(13-11-28)21-15-32-16-21/h4-9,14,21,23-24,30H,1-3,10-13,15-16H2,(H,27,31)/t23-,24-/m1/s1. The molecule has 0 radical (unpaired) electrons. The molecule has 2 aromatic rings. The van der Waals surface area contributed by atoms with E-state index in [0.29, 0.717) is 18.0 Å². The summed E-state index contributed by atoms with van der Waals surface area (Å²) in [5, 5.41) is 13.9. The molecule has 2 saturated heterocycles. The van der Waals surface area contributed by atoms with Crippen molar-refractivity contribution in [3.8, 4) is 0 Å². The fraction of sp³-hybridized carbons (Fsp3) is 0.480. The second-order valence-corrected chi connectivity index (χ2v) is 9.02. The number of aryl methyl sites for hydroxylation is 1. The van der Waals surface area contributed by atoms with E-state index in [2.05, 4.69) is 33.3 Å². The van der Waals surface area contributed by atoms with Crippen LogP contribution in [0.1, 0.15) is 40.4 Å². The van der Waals surface area contributed by atoms with Gasteiger partial charge in [0.2, 0.25) is 0 Å². The lowest BCUT2D eigenvalue weighted by molar-refractivity contribution is -0.0660. The zero-order valence-electron chi connectivity index (χ0n) is 18.2. The smallest absolute Gasteiger partial charge is 0.251 e. The summed E-state index contributed by atoms with van der Waals surface area (Å²) in [6.07, 6.45) is 1.72. The van der Waals surface area contributed by atoms with Crippen LogP contribution in [0, 0.1) is 5.82 Å². The average Bonchev–Trinajstić information content (AvgIpc) is 2.92. The van der Waals surface area contributed by atoms with Gasteiger partial charge in [0, 0.05) is 37.4 Å². The van der Waals surface area contributed by atoms with Crippen LogP contribution in [-0.2, 0) is 11.2 Å². The van der Waals surface area contributed by atoms with Gasteiger partial charge in [-0.3, -0.25) is 9.69 Å². The van der Waals surface area contributed by atoms with Crippen molar-refractivity contribution < 1.29 is 19.0 Å². The minimum atomic E-state index is -0.661. The highest BCUT2D eigenvalue weighted by molar-refractivity contribution is 5.94. The fourth-order valence-corrected chi connectivity index (χ4v) is 4.95. The number of nitrogens with one attached hydrogen (secondary N) is 1. The Bertz CT molecular complexity index is 955. The highest BCUT2D eigenvalue weighted by atomic mass is 19.1. The van der Waals surface area contributed by atoms with Gasteiger partial charge in [0.25, 0.3) is 5.91 Å². The van der Waals surface area contributed by atoms with Crippen molar-refractivity contribution in [2.75, 3.05) is 44.3 Å². The Morgan fingerprint density at radius 2 is 1.81 bits per heavy atom. The van der Waals surface area contributed by atoms with Crippen molar-refractivity contribution in [1.29, 1.82) is 0 Å². The molecule has 0 bridgehead atoms. The molecule has 2 fully saturated rings. The number of carbonyl (C=O) groups excluding carboxylic acids is 1. The van der Waals surface area contributed by atoms with E-state index in [0.717, 1.165) is 63.5 Å². The van der Waals surface area contributed by atoms with Crippen LogP contribution < -0.4 is 10.2 Å². The van der Waals surface area contributed by atoms with Crippen molar-refractivity contribution in [3.05, 3.63) is 65.0 Å². The van der Waals surface area contributed by atoms with Crippen LogP contribution in [0.3, 0.4) is 0 Å². The number of aliphatic hydroxyl groups is 1. The number of piperazine rings is 1.